The first-order valence-electron chi connectivity index (χ1n) is 8.49. The Morgan fingerprint density at radius 2 is 1.82 bits per heavy atom. The summed E-state index contributed by atoms with van der Waals surface area (Å²) < 4.78 is 32.1. The highest BCUT2D eigenvalue weighted by atomic mass is 35.5. The van der Waals surface area contributed by atoms with Crippen LogP contribution in [0.25, 0.3) is 21.8 Å². The smallest absolute Gasteiger partial charge is 0.387 e. The molecule has 0 radical (unpaired) electrons. The van der Waals surface area contributed by atoms with Crippen LogP contribution in [-0.4, -0.2) is 17.1 Å². The van der Waals surface area contributed by atoms with Gasteiger partial charge in [0.25, 0.3) is 0 Å². The average molecular weight is 401 g/mol. The number of nitrogens with two attached hydrogens (primary N) is 1. The van der Waals surface area contributed by atoms with Gasteiger partial charge in [-0.1, -0.05) is 48.0 Å². The number of hydrogen-bond donors (Lipinski definition) is 1. The number of halogens is 3. The number of alkyl halides is 2. The standard InChI is InChI=1S/C21H15ClF2N2O2/c22-15-8-3-6-13-18-14(20(25)27)7-4-9-16(18)26(19(13)15)11-12-5-1-2-10-17(12)28-21(23)24/h1-10,21H,11H2,(H2,25,27). The topological polar surface area (TPSA) is 57.2 Å². The van der Waals surface area contributed by atoms with Crippen LogP contribution in [0.4, 0.5) is 8.78 Å². The van der Waals surface area contributed by atoms with E-state index >= 15 is 0 Å². The zero-order chi connectivity index (χ0) is 19.8. The molecule has 0 fully saturated rings. The van der Waals surface area contributed by atoms with Crippen molar-refractivity contribution in [2.45, 2.75) is 13.2 Å². The van der Waals surface area contributed by atoms with E-state index in [-0.39, 0.29) is 12.3 Å². The van der Waals surface area contributed by atoms with Gasteiger partial charge >= 0.3 is 6.61 Å². The largest absolute Gasteiger partial charge is 0.434 e. The Bertz CT molecular complexity index is 1200. The molecule has 0 aliphatic rings. The maximum atomic E-state index is 12.8. The predicted molar refractivity (Wildman–Crippen MR) is 105 cm³/mol. The number of rotatable bonds is 5. The van der Waals surface area contributed by atoms with Crippen molar-refractivity contribution < 1.29 is 18.3 Å². The summed E-state index contributed by atoms with van der Waals surface area (Å²) in [5.41, 5.74) is 7.92. The SMILES string of the molecule is NC(=O)c1cccc2c1c1cccc(Cl)c1n2Cc1ccccc1OC(F)F. The summed E-state index contributed by atoms with van der Waals surface area (Å²) >= 11 is 6.47. The number of primary amides is 1. The van der Waals surface area contributed by atoms with Gasteiger partial charge in [0.15, 0.2) is 0 Å². The van der Waals surface area contributed by atoms with E-state index < -0.39 is 12.5 Å². The van der Waals surface area contributed by atoms with Gasteiger partial charge in [0.05, 0.1) is 22.6 Å². The highest BCUT2D eigenvalue weighted by molar-refractivity contribution is 6.37. The maximum Gasteiger partial charge on any atom is 0.387 e. The number of amides is 1. The summed E-state index contributed by atoms with van der Waals surface area (Å²) in [4.78, 5) is 12.0. The number of carbonyl (C=O) groups excluding carboxylic acids is 1. The molecule has 7 heteroatoms. The third kappa shape index (κ3) is 3.05. The molecule has 1 amide bonds. The van der Waals surface area contributed by atoms with E-state index in [1.54, 1.807) is 42.5 Å². The minimum Gasteiger partial charge on any atom is -0.434 e. The Balaban J connectivity index is 2.00. The number of carbonyl (C=O) groups is 1. The predicted octanol–water partition coefficient (Wildman–Crippen LogP) is 5.20. The number of nitrogens with zero attached hydrogens (tertiary/aromatic N) is 1. The molecule has 4 rings (SSSR count). The summed E-state index contributed by atoms with van der Waals surface area (Å²) in [6.07, 6.45) is 0. The lowest BCUT2D eigenvalue weighted by atomic mass is 10.1. The molecule has 0 spiro atoms. The highest BCUT2D eigenvalue weighted by Gasteiger charge is 2.19. The van der Waals surface area contributed by atoms with Crippen molar-refractivity contribution in [1.82, 2.24) is 4.57 Å². The number of hydrogen-bond acceptors (Lipinski definition) is 2. The van der Waals surface area contributed by atoms with Gasteiger partial charge in [0.2, 0.25) is 5.91 Å². The monoisotopic (exact) mass is 400 g/mol. The molecule has 1 heterocycles. The van der Waals surface area contributed by atoms with Crippen molar-refractivity contribution in [1.29, 1.82) is 0 Å². The molecule has 4 aromatic rings. The number of fused-ring (bicyclic) bond motifs is 3. The Hall–Kier alpha value is -3.12. The van der Waals surface area contributed by atoms with E-state index in [0.717, 1.165) is 10.9 Å². The molecule has 0 atom stereocenters. The Morgan fingerprint density at radius 1 is 1.07 bits per heavy atom. The fraction of sp³-hybridized carbons (Fsp3) is 0.0952. The van der Waals surface area contributed by atoms with Gasteiger partial charge < -0.3 is 15.0 Å². The van der Waals surface area contributed by atoms with Crippen LogP contribution in [0.5, 0.6) is 5.75 Å². The molecule has 0 bridgehead atoms. The fourth-order valence-electron chi connectivity index (χ4n) is 3.55. The summed E-state index contributed by atoms with van der Waals surface area (Å²) in [6, 6.07) is 17.2. The van der Waals surface area contributed by atoms with E-state index in [9.17, 15) is 13.6 Å². The van der Waals surface area contributed by atoms with Gasteiger partial charge in [-0.2, -0.15) is 8.78 Å². The summed E-state index contributed by atoms with van der Waals surface area (Å²) in [5, 5.41) is 1.93. The lowest BCUT2D eigenvalue weighted by Gasteiger charge is -2.13. The lowest BCUT2D eigenvalue weighted by molar-refractivity contribution is -0.0504. The van der Waals surface area contributed by atoms with Crippen molar-refractivity contribution in [3.05, 3.63) is 76.8 Å². The zero-order valence-electron chi connectivity index (χ0n) is 14.5. The number of para-hydroxylation sites is 2. The molecule has 4 nitrogen and oxygen atoms in total. The van der Waals surface area contributed by atoms with Gasteiger partial charge in [0.1, 0.15) is 5.75 Å². The zero-order valence-corrected chi connectivity index (χ0v) is 15.3. The van der Waals surface area contributed by atoms with Crippen LogP contribution >= 0.6 is 11.6 Å². The van der Waals surface area contributed by atoms with Crippen LogP contribution in [0.3, 0.4) is 0 Å². The first-order chi connectivity index (χ1) is 13.5. The third-order valence-electron chi connectivity index (χ3n) is 4.64. The molecular weight excluding hydrogens is 386 g/mol. The van der Waals surface area contributed by atoms with Gasteiger partial charge in [-0.25, -0.2) is 0 Å². The molecule has 0 unspecified atom stereocenters. The van der Waals surface area contributed by atoms with Crippen LogP contribution in [-0.2, 0) is 6.54 Å². The van der Waals surface area contributed by atoms with Gasteiger partial charge in [-0.15, -0.1) is 0 Å². The molecule has 0 aliphatic heterocycles. The number of benzene rings is 3. The fourth-order valence-corrected chi connectivity index (χ4v) is 3.82. The normalized spacial score (nSPS) is 11.4. The average Bonchev–Trinajstić information content (AvgIpc) is 2.98. The Kier molecular flexibility index (Phi) is 4.65. The van der Waals surface area contributed by atoms with Gasteiger partial charge in [0, 0.05) is 21.9 Å². The molecule has 1 aromatic heterocycles. The molecule has 0 aliphatic carbocycles. The van der Waals surface area contributed by atoms with E-state index in [4.69, 9.17) is 17.3 Å². The number of aromatic nitrogens is 1. The molecule has 3 aromatic carbocycles. The van der Waals surface area contributed by atoms with Crippen LogP contribution in [0, 0.1) is 0 Å². The van der Waals surface area contributed by atoms with Crippen molar-refractivity contribution in [3.63, 3.8) is 0 Å². The molecular formula is C21H15ClF2N2O2. The third-order valence-corrected chi connectivity index (χ3v) is 4.95. The van der Waals surface area contributed by atoms with Gasteiger partial charge in [-0.3, -0.25) is 4.79 Å². The van der Waals surface area contributed by atoms with E-state index in [2.05, 4.69) is 4.74 Å². The maximum absolute atomic E-state index is 12.8. The molecule has 142 valence electrons. The molecule has 2 N–H and O–H groups in total. The second-order valence-corrected chi connectivity index (χ2v) is 6.68. The van der Waals surface area contributed by atoms with Crippen LogP contribution in [0.1, 0.15) is 15.9 Å². The second kappa shape index (κ2) is 7.13. The van der Waals surface area contributed by atoms with Crippen molar-refractivity contribution in [3.8, 4) is 5.75 Å². The van der Waals surface area contributed by atoms with Crippen molar-refractivity contribution in [2.24, 2.45) is 5.73 Å². The van der Waals surface area contributed by atoms with Gasteiger partial charge in [-0.05, 0) is 24.3 Å². The summed E-state index contributed by atoms with van der Waals surface area (Å²) in [7, 11) is 0. The first-order valence-corrected chi connectivity index (χ1v) is 8.87. The Morgan fingerprint density at radius 3 is 2.57 bits per heavy atom. The molecule has 0 saturated heterocycles. The quantitative estimate of drug-likeness (QED) is 0.500. The summed E-state index contributed by atoms with van der Waals surface area (Å²) in [5.74, 6) is -0.461. The highest BCUT2D eigenvalue weighted by Crippen LogP contribution is 2.36. The van der Waals surface area contributed by atoms with Crippen LogP contribution in [0.15, 0.2) is 60.7 Å². The molecule has 0 saturated carbocycles. The van der Waals surface area contributed by atoms with Crippen LogP contribution in [0.2, 0.25) is 5.02 Å². The first kappa shape index (κ1) is 18.3. The van der Waals surface area contributed by atoms with Crippen molar-refractivity contribution >= 4 is 39.3 Å². The van der Waals surface area contributed by atoms with E-state index in [1.807, 2.05) is 16.7 Å². The van der Waals surface area contributed by atoms with Crippen molar-refractivity contribution in [2.75, 3.05) is 0 Å². The Labute approximate surface area is 164 Å². The molecule has 28 heavy (non-hydrogen) atoms. The van der Waals surface area contributed by atoms with Crippen LogP contribution < -0.4 is 10.5 Å². The van der Waals surface area contributed by atoms with E-state index in [1.165, 1.54) is 6.07 Å². The second-order valence-electron chi connectivity index (χ2n) is 6.27. The summed E-state index contributed by atoms with van der Waals surface area (Å²) in [6.45, 7) is -2.70. The number of ether oxygens (including phenoxy) is 1. The lowest BCUT2D eigenvalue weighted by Crippen LogP contribution is -2.11. The minimum absolute atomic E-state index is 0.0885. The van der Waals surface area contributed by atoms with E-state index in [0.29, 0.717) is 27.1 Å². The minimum atomic E-state index is -2.93.